The molecule has 0 saturated carbocycles. The molecule has 1 aromatic carbocycles. The van der Waals surface area contributed by atoms with Gasteiger partial charge in [0.1, 0.15) is 5.75 Å². The number of nitrogens with zero attached hydrogens (tertiary/aromatic N) is 2. The molecule has 4 heterocycles. The SMILES string of the molecule is COC[C@H]1CCCN1C[C@H]1CN2CC[C@H]1C[C@@H]2CNC(=O)Nc1ccc(OC)cc1. The number of rotatable bonds is 8. The molecule has 30 heavy (non-hydrogen) atoms. The molecule has 4 aliphatic rings. The van der Waals surface area contributed by atoms with E-state index in [9.17, 15) is 4.79 Å². The van der Waals surface area contributed by atoms with Gasteiger partial charge in [0.2, 0.25) is 0 Å². The average Bonchev–Trinajstić information content (AvgIpc) is 3.20. The lowest BCUT2D eigenvalue weighted by Crippen LogP contribution is -2.59. The number of hydrogen-bond donors (Lipinski definition) is 2. The lowest BCUT2D eigenvalue weighted by molar-refractivity contribution is -0.0162. The Morgan fingerprint density at radius 1 is 1.13 bits per heavy atom. The van der Waals surface area contributed by atoms with Crippen LogP contribution in [0.15, 0.2) is 24.3 Å². The van der Waals surface area contributed by atoms with E-state index in [-0.39, 0.29) is 6.03 Å². The molecule has 1 unspecified atom stereocenters. The Bertz CT molecular complexity index is 698. The van der Waals surface area contributed by atoms with Crippen LogP contribution in [0.1, 0.15) is 25.7 Å². The molecule has 2 N–H and O–H groups in total. The molecule has 5 rings (SSSR count). The van der Waals surface area contributed by atoms with Crippen LogP contribution in [-0.2, 0) is 4.74 Å². The van der Waals surface area contributed by atoms with Crippen LogP contribution < -0.4 is 15.4 Å². The van der Waals surface area contributed by atoms with Crippen molar-refractivity contribution in [2.24, 2.45) is 11.8 Å². The van der Waals surface area contributed by atoms with E-state index in [0.29, 0.717) is 18.6 Å². The summed E-state index contributed by atoms with van der Waals surface area (Å²) in [6.07, 6.45) is 5.05. The van der Waals surface area contributed by atoms with Gasteiger partial charge in [-0.3, -0.25) is 9.80 Å². The van der Waals surface area contributed by atoms with Crippen LogP contribution in [0.25, 0.3) is 0 Å². The Labute approximate surface area is 180 Å². The fraction of sp³-hybridized carbons (Fsp3) is 0.696. The molecule has 0 aromatic heterocycles. The van der Waals surface area contributed by atoms with Gasteiger partial charge >= 0.3 is 6.03 Å². The minimum Gasteiger partial charge on any atom is -0.497 e. The van der Waals surface area contributed by atoms with Gasteiger partial charge in [0.05, 0.1) is 13.7 Å². The molecule has 4 saturated heterocycles. The molecule has 7 nitrogen and oxygen atoms in total. The number of likely N-dealkylation sites (tertiary alicyclic amines) is 1. The minimum atomic E-state index is -0.140. The van der Waals surface area contributed by atoms with Crippen molar-refractivity contribution in [1.29, 1.82) is 0 Å². The average molecular weight is 417 g/mol. The van der Waals surface area contributed by atoms with Crippen molar-refractivity contribution in [1.82, 2.24) is 15.1 Å². The molecule has 4 aliphatic heterocycles. The predicted octanol–water partition coefficient (Wildman–Crippen LogP) is 2.64. The van der Waals surface area contributed by atoms with Crippen LogP contribution in [-0.4, -0.2) is 81.5 Å². The number of ether oxygens (including phenoxy) is 2. The Morgan fingerprint density at radius 2 is 1.97 bits per heavy atom. The van der Waals surface area contributed by atoms with Crippen LogP contribution in [0, 0.1) is 11.8 Å². The summed E-state index contributed by atoms with van der Waals surface area (Å²) >= 11 is 0. The van der Waals surface area contributed by atoms with Crippen LogP contribution in [0.3, 0.4) is 0 Å². The van der Waals surface area contributed by atoms with Gasteiger partial charge in [0, 0.05) is 44.5 Å². The van der Waals surface area contributed by atoms with Crippen LogP contribution >= 0.6 is 0 Å². The molecule has 5 atom stereocenters. The molecule has 4 fully saturated rings. The second kappa shape index (κ2) is 9.98. The van der Waals surface area contributed by atoms with Gasteiger partial charge in [-0.05, 0) is 74.9 Å². The van der Waals surface area contributed by atoms with Gasteiger partial charge in [-0.1, -0.05) is 0 Å². The fourth-order valence-corrected chi connectivity index (χ4v) is 5.55. The second-order valence-electron chi connectivity index (χ2n) is 9.00. The van der Waals surface area contributed by atoms with Crippen LogP contribution in [0.5, 0.6) is 5.75 Å². The molecule has 166 valence electrons. The van der Waals surface area contributed by atoms with Crippen molar-refractivity contribution in [3.05, 3.63) is 24.3 Å². The van der Waals surface area contributed by atoms with Crippen molar-refractivity contribution in [2.45, 2.75) is 37.8 Å². The first-order valence-electron chi connectivity index (χ1n) is 11.3. The molecule has 0 spiro atoms. The molecule has 2 bridgehead atoms. The zero-order valence-electron chi connectivity index (χ0n) is 18.3. The summed E-state index contributed by atoms with van der Waals surface area (Å²) in [5.74, 6) is 2.31. The van der Waals surface area contributed by atoms with Gasteiger partial charge in [-0.2, -0.15) is 0 Å². The molecular weight excluding hydrogens is 380 g/mol. The molecule has 7 heteroatoms. The third kappa shape index (κ3) is 5.07. The summed E-state index contributed by atoms with van der Waals surface area (Å²) in [5.41, 5.74) is 0.773. The molecular formula is C23H36N4O3. The van der Waals surface area contributed by atoms with E-state index < -0.39 is 0 Å². The quantitative estimate of drug-likeness (QED) is 0.682. The zero-order chi connectivity index (χ0) is 20.9. The first-order chi connectivity index (χ1) is 14.7. The van der Waals surface area contributed by atoms with Gasteiger partial charge in [0.15, 0.2) is 0 Å². The maximum Gasteiger partial charge on any atom is 0.319 e. The molecule has 0 radical (unpaired) electrons. The summed E-state index contributed by atoms with van der Waals surface area (Å²) in [6, 6.07) is 8.31. The number of carbonyl (C=O) groups is 1. The number of methoxy groups -OCH3 is 2. The maximum atomic E-state index is 12.3. The highest BCUT2D eigenvalue weighted by Gasteiger charge is 2.41. The molecule has 0 aliphatic carbocycles. The maximum absolute atomic E-state index is 12.3. The monoisotopic (exact) mass is 416 g/mol. The fourth-order valence-electron chi connectivity index (χ4n) is 5.55. The van der Waals surface area contributed by atoms with E-state index in [1.165, 1.54) is 38.8 Å². The summed E-state index contributed by atoms with van der Waals surface area (Å²) in [7, 11) is 3.45. The first-order valence-corrected chi connectivity index (χ1v) is 11.3. The Kier molecular flexibility index (Phi) is 7.12. The normalized spacial score (nSPS) is 30.9. The third-order valence-corrected chi connectivity index (χ3v) is 7.19. The topological polar surface area (TPSA) is 66.1 Å². The summed E-state index contributed by atoms with van der Waals surface area (Å²) in [6.45, 7) is 6.31. The standard InChI is InChI=1S/C23H36N4O3/c1-29-16-20-4-3-10-26(20)14-18-15-27-11-9-17(18)12-21(27)13-24-23(28)25-19-5-7-22(30-2)8-6-19/h5-8,17-18,20-21H,3-4,9-16H2,1-2H3,(H2,24,25,28)/t17-,18-,20+,21+/m0/s1. The Balaban J connectivity index is 1.23. The number of urea groups is 1. The third-order valence-electron chi connectivity index (χ3n) is 7.19. The van der Waals surface area contributed by atoms with E-state index in [4.69, 9.17) is 9.47 Å². The van der Waals surface area contributed by atoms with Crippen molar-refractivity contribution in [3.8, 4) is 5.75 Å². The lowest BCUT2D eigenvalue weighted by Gasteiger charge is -2.51. The van der Waals surface area contributed by atoms with E-state index in [2.05, 4.69) is 20.4 Å². The van der Waals surface area contributed by atoms with E-state index in [1.54, 1.807) is 7.11 Å². The van der Waals surface area contributed by atoms with Gasteiger partial charge < -0.3 is 20.1 Å². The highest BCUT2D eigenvalue weighted by molar-refractivity contribution is 5.89. The smallest absolute Gasteiger partial charge is 0.319 e. The number of benzene rings is 1. The van der Waals surface area contributed by atoms with Gasteiger partial charge in [-0.25, -0.2) is 4.79 Å². The van der Waals surface area contributed by atoms with Crippen molar-refractivity contribution < 1.29 is 14.3 Å². The number of carbonyl (C=O) groups excluding carboxylic acids is 1. The van der Waals surface area contributed by atoms with Crippen molar-refractivity contribution in [2.75, 3.05) is 58.9 Å². The number of fused-ring (bicyclic) bond motifs is 3. The number of amides is 2. The summed E-state index contributed by atoms with van der Waals surface area (Å²) < 4.78 is 10.6. The number of nitrogens with one attached hydrogen (secondary N) is 2. The minimum absolute atomic E-state index is 0.140. The molecule has 1 aromatic rings. The van der Waals surface area contributed by atoms with Gasteiger partial charge in [0.25, 0.3) is 0 Å². The number of anilines is 1. The first kappa shape index (κ1) is 21.4. The van der Waals surface area contributed by atoms with E-state index in [0.717, 1.165) is 43.0 Å². The van der Waals surface area contributed by atoms with E-state index >= 15 is 0 Å². The van der Waals surface area contributed by atoms with E-state index in [1.807, 2.05) is 31.4 Å². The summed E-state index contributed by atoms with van der Waals surface area (Å²) in [5, 5.41) is 5.98. The zero-order valence-corrected chi connectivity index (χ0v) is 18.3. The largest absolute Gasteiger partial charge is 0.497 e. The van der Waals surface area contributed by atoms with Crippen LogP contribution in [0.2, 0.25) is 0 Å². The highest BCUT2D eigenvalue weighted by Crippen LogP contribution is 2.37. The lowest BCUT2D eigenvalue weighted by atomic mass is 9.75. The highest BCUT2D eigenvalue weighted by atomic mass is 16.5. The summed E-state index contributed by atoms with van der Waals surface area (Å²) in [4.78, 5) is 17.6. The Morgan fingerprint density at radius 3 is 2.67 bits per heavy atom. The Hall–Kier alpha value is -1.83. The van der Waals surface area contributed by atoms with Gasteiger partial charge in [-0.15, -0.1) is 0 Å². The number of hydrogen-bond acceptors (Lipinski definition) is 5. The second-order valence-corrected chi connectivity index (χ2v) is 9.00. The van der Waals surface area contributed by atoms with Crippen molar-refractivity contribution >= 4 is 11.7 Å². The molecule has 2 amide bonds. The predicted molar refractivity (Wildman–Crippen MR) is 118 cm³/mol. The number of piperidine rings is 3. The van der Waals surface area contributed by atoms with Crippen LogP contribution in [0.4, 0.5) is 10.5 Å². The van der Waals surface area contributed by atoms with Crippen molar-refractivity contribution in [3.63, 3.8) is 0 Å².